The van der Waals surface area contributed by atoms with Crippen molar-refractivity contribution in [3.8, 4) is 0 Å². The summed E-state index contributed by atoms with van der Waals surface area (Å²) in [6.07, 6.45) is 3.60. The fraction of sp³-hybridized carbons (Fsp3) is 0.909. The van der Waals surface area contributed by atoms with Crippen molar-refractivity contribution in [2.45, 2.75) is 38.6 Å². The van der Waals surface area contributed by atoms with E-state index in [1.54, 1.807) is 0 Å². The number of hydrogen-bond donors (Lipinski definition) is 1. The van der Waals surface area contributed by atoms with Crippen molar-refractivity contribution in [1.29, 1.82) is 0 Å². The first-order valence-electron chi connectivity index (χ1n) is 5.68. The van der Waals surface area contributed by atoms with E-state index in [0.29, 0.717) is 5.91 Å². The summed E-state index contributed by atoms with van der Waals surface area (Å²) in [5.74, 6) is 0.481. The van der Waals surface area contributed by atoms with Crippen LogP contribution >= 0.6 is 0 Å². The smallest absolute Gasteiger partial charge is 0.225 e. The van der Waals surface area contributed by atoms with Crippen LogP contribution in [-0.2, 0) is 4.79 Å². The molecule has 14 heavy (non-hydrogen) atoms. The molecule has 1 N–H and O–H groups in total. The lowest BCUT2D eigenvalue weighted by Gasteiger charge is -2.55. The molecule has 0 aromatic carbocycles. The summed E-state index contributed by atoms with van der Waals surface area (Å²) in [5.41, 5.74) is 0.194. The lowest BCUT2D eigenvalue weighted by atomic mass is 9.77. The van der Waals surface area contributed by atoms with Crippen molar-refractivity contribution >= 4 is 5.91 Å². The van der Waals surface area contributed by atoms with Crippen LogP contribution in [0, 0.1) is 5.92 Å². The molecule has 2 saturated heterocycles. The van der Waals surface area contributed by atoms with Crippen molar-refractivity contribution in [3.63, 3.8) is 0 Å². The highest BCUT2D eigenvalue weighted by atomic mass is 16.2. The molecule has 3 nitrogen and oxygen atoms in total. The maximum Gasteiger partial charge on any atom is 0.225 e. The fourth-order valence-corrected chi connectivity index (χ4v) is 2.59. The third-order valence-corrected chi connectivity index (χ3v) is 3.58. The van der Waals surface area contributed by atoms with E-state index in [0.717, 1.165) is 19.6 Å². The molecule has 2 rings (SSSR count). The highest BCUT2D eigenvalue weighted by molar-refractivity contribution is 5.80. The van der Waals surface area contributed by atoms with Gasteiger partial charge in [0.25, 0.3) is 0 Å². The van der Waals surface area contributed by atoms with Gasteiger partial charge in [0.05, 0.1) is 5.54 Å². The Bertz CT molecular complexity index is 231. The third kappa shape index (κ3) is 1.44. The molecule has 1 unspecified atom stereocenters. The normalized spacial score (nSPS) is 32.1. The number of carbonyl (C=O) groups is 1. The molecule has 0 radical (unpaired) electrons. The Balaban J connectivity index is 2.03. The van der Waals surface area contributed by atoms with Crippen molar-refractivity contribution in [3.05, 3.63) is 0 Å². The number of nitrogens with one attached hydrogen (secondary N) is 1. The second-order valence-corrected chi connectivity index (χ2v) is 4.90. The molecule has 0 aliphatic carbocycles. The van der Waals surface area contributed by atoms with Gasteiger partial charge in [0, 0.05) is 19.0 Å². The zero-order valence-electron chi connectivity index (χ0n) is 9.18. The molecule has 2 fully saturated rings. The average molecular weight is 196 g/mol. The Morgan fingerprint density at radius 2 is 2.21 bits per heavy atom. The van der Waals surface area contributed by atoms with Crippen LogP contribution in [0.3, 0.4) is 0 Å². The zero-order chi connectivity index (χ0) is 10.2. The summed E-state index contributed by atoms with van der Waals surface area (Å²) in [4.78, 5) is 14.0. The first kappa shape index (κ1) is 9.97. The summed E-state index contributed by atoms with van der Waals surface area (Å²) in [6.45, 7) is 7.07. The maximum atomic E-state index is 11.9. The molecule has 1 amide bonds. The topological polar surface area (TPSA) is 32.3 Å². The summed E-state index contributed by atoms with van der Waals surface area (Å²) in [5, 5.41) is 3.41. The molecule has 0 aromatic heterocycles. The van der Waals surface area contributed by atoms with Crippen molar-refractivity contribution in [2.75, 3.05) is 19.6 Å². The standard InChI is InChI=1S/C11H20N2O/c1-9(2)10(14)13-7-5-11(13)4-3-6-12-8-11/h9,12H,3-8H2,1-2H3. The highest BCUT2D eigenvalue weighted by Gasteiger charge is 2.47. The molecule has 3 heteroatoms. The molecular formula is C11H20N2O. The number of nitrogens with zero attached hydrogens (tertiary/aromatic N) is 1. The van der Waals surface area contributed by atoms with Crippen LogP contribution in [0.1, 0.15) is 33.1 Å². The predicted molar refractivity (Wildman–Crippen MR) is 56.0 cm³/mol. The number of carbonyl (C=O) groups excluding carboxylic acids is 1. The van der Waals surface area contributed by atoms with E-state index >= 15 is 0 Å². The number of hydrogen-bond acceptors (Lipinski definition) is 2. The lowest BCUT2D eigenvalue weighted by Crippen LogP contribution is -2.68. The van der Waals surface area contributed by atoms with Crippen LogP contribution in [0.4, 0.5) is 0 Å². The Morgan fingerprint density at radius 3 is 2.64 bits per heavy atom. The zero-order valence-corrected chi connectivity index (χ0v) is 9.18. The number of amides is 1. The van der Waals surface area contributed by atoms with E-state index in [4.69, 9.17) is 0 Å². The lowest BCUT2D eigenvalue weighted by molar-refractivity contribution is -0.152. The van der Waals surface area contributed by atoms with Gasteiger partial charge in [-0.25, -0.2) is 0 Å². The fourth-order valence-electron chi connectivity index (χ4n) is 2.59. The Kier molecular flexibility index (Phi) is 2.52. The van der Waals surface area contributed by atoms with E-state index in [9.17, 15) is 4.79 Å². The average Bonchev–Trinajstić information content (AvgIpc) is 2.17. The van der Waals surface area contributed by atoms with E-state index < -0.39 is 0 Å². The van der Waals surface area contributed by atoms with Gasteiger partial charge in [0.2, 0.25) is 5.91 Å². The molecule has 0 aromatic rings. The number of likely N-dealkylation sites (tertiary alicyclic amines) is 1. The molecular weight excluding hydrogens is 176 g/mol. The van der Waals surface area contributed by atoms with E-state index in [1.807, 2.05) is 13.8 Å². The summed E-state index contributed by atoms with van der Waals surface area (Å²) in [7, 11) is 0. The minimum absolute atomic E-state index is 0.147. The predicted octanol–water partition coefficient (Wildman–Crippen LogP) is 0.997. The Labute approximate surface area is 85.8 Å². The van der Waals surface area contributed by atoms with Crippen molar-refractivity contribution in [1.82, 2.24) is 10.2 Å². The quantitative estimate of drug-likeness (QED) is 0.678. The minimum Gasteiger partial charge on any atom is -0.335 e. The molecule has 80 valence electrons. The monoisotopic (exact) mass is 196 g/mol. The number of piperidine rings is 1. The maximum absolute atomic E-state index is 11.9. The summed E-state index contributed by atoms with van der Waals surface area (Å²) in [6, 6.07) is 0. The van der Waals surface area contributed by atoms with Gasteiger partial charge in [-0.3, -0.25) is 4.79 Å². The molecule has 1 spiro atoms. The number of rotatable bonds is 1. The van der Waals surface area contributed by atoms with Crippen LogP contribution in [-0.4, -0.2) is 36.0 Å². The Hall–Kier alpha value is -0.570. The van der Waals surface area contributed by atoms with Gasteiger partial charge in [-0.2, -0.15) is 0 Å². The van der Waals surface area contributed by atoms with Crippen LogP contribution in [0.25, 0.3) is 0 Å². The van der Waals surface area contributed by atoms with Gasteiger partial charge in [0.1, 0.15) is 0 Å². The molecule has 2 aliphatic rings. The SMILES string of the molecule is CC(C)C(=O)N1CCC12CCCNC2. The van der Waals surface area contributed by atoms with Crippen molar-refractivity contribution < 1.29 is 4.79 Å². The summed E-state index contributed by atoms with van der Waals surface area (Å²) < 4.78 is 0. The van der Waals surface area contributed by atoms with E-state index in [-0.39, 0.29) is 11.5 Å². The van der Waals surface area contributed by atoms with Gasteiger partial charge in [-0.05, 0) is 25.8 Å². The largest absolute Gasteiger partial charge is 0.335 e. The van der Waals surface area contributed by atoms with Gasteiger partial charge in [-0.15, -0.1) is 0 Å². The first-order chi connectivity index (χ1) is 6.66. The van der Waals surface area contributed by atoms with Gasteiger partial charge in [-0.1, -0.05) is 13.8 Å². The second kappa shape index (κ2) is 3.54. The third-order valence-electron chi connectivity index (χ3n) is 3.58. The molecule has 1 atom stereocenters. The van der Waals surface area contributed by atoms with Crippen LogP contribution < -0.4 is 5.32 Å². The first-order valence-corrected chi connectivity index (χ1v) is 5.68. The molecule has 0 bridgehead atoms. The second-order valence-electron chi connectivity index (χ2n) is 4.90. The Morgan fingerprint density at radius 1 is 1.43 bits per heavy atom. The van der Waals surface area contributed by atoms with Crippen molar-refractivity contribution in [2.24, 2.45) is 5.92 Å². The molecule has 0 saturated carbocycles. The molecule has 2 heterocycles. The van der Waals surface area contributed by atoms with Crippen LogP contribution in [0.5, 0.6) is 0 Å². The molecule has 2 aliphatic heterocycles. The van der Waals surface area contributed by atoms with Gasteiger partial charge in [0.15, 0.2) is 0 Å². The van der Waals surface area contributed by atoms with E-state index in [1.165, 1.54) is 19.3 Å². The summed E-state index contributed by atoms with van der Waals surface area (Å²) >= 11 is 0. The van der Waals surface area contributed by atoms with Crippen LogP contribution in [0.15, 0.2) is 0 Å². The van der Waals surface area contributed by atoms with Gasteiger partial charge < -0.3 is 10.2 Å². The highest BCUT2D eigenvalue weighted by Crippen LogP contribution is 2.37. The van der Waals surface area contributed by atoms with Gasteiger partial charge >= 0.3 is 0 Å². The minimum atomic E-state index is 0.147. The van der Waals surface area contributed by atoms with Crippen LogP contribution in [0.2, 0.25) is 0 Å². The van der Waals surface area contributed by atoms with E-state index in [2.05, 4.69) is 10.2 Å².